The van der Waals surface area contributed by atoms with E-state index >= 15 is 0 Å². The monoisotopic (exact) mass is 280 g/mol. The second kappa shape index (κ2) is 5.16. The highest BCUT2D eigenvalue weighted by atomic mass is 16.5. The van der Waals surface area contributed by atoms with Gasteiger partial charge < -0.3 is 14.4 Å². The molecule has 6 heteroatoms. The van der Waals surface area contributed by atoms with Gasteiger partial charge in [0.05, 0.1) is 11.8 Å². The molecule has 6 nitrogen and oxygen atoms in total. The SMILES string of the molecule is COC1(c2noc(C3CCCC3C(=O)O)n2)CCCC1. The molecule has 2 atom stereocenters. The molecule has 0 amide bonds. The molecule has 110 valence electrons. The van der Waals surface area contributed by atoms with Crippen molar-refractivity contribution in [3.63, 3.8) is 0 Å². The maximum Gasteiger partial charge on any atom is 0.307 e. The Kier molecular flexibility index (Phi) is 3.50. The number of ether oxygens (including phenoxy) is 1. The van der Waals surface area contributed by atoms with E-state index in [0.717, 1.165) is 38.5 Å². The smallest absolute Gasteiger partial charge is 0.307 e. The lowest BCUT2D eigenvalue weighted by atomic mass is 9.96. The first kappa shape index (κ1) is 13.5. The average molecular weight is 280 g/mol. The molecule has 1 heterocycles. The zero-order valence-corrected chi connectivity index (χ0v) is 11.7. The average Bonchev–Trinajstić information content (AvgIpc) is 3.17. The molecule has 2 saturated carbocycles. The van der Waals surface area contributed by atoms with Crippen LogP contribution in [0.15, 0.2) is 4.52 Å². The van der Waals surface area contributed by atoms with E-state index in [2.05, 4.69) is 10.1 Å². The van der Waals surface area contributed by atoms with Gasteiger partial charge in [0.2, 0.25) is 11.7 Å². The molecule has 1 N–H and O–H groups in total. The summed E-state index contributed by atoms with van der Waals surface area (Å²) in [5, 5.41) is 13.3. The summed E-state index contributed by atoms with van der Waals surface area (Å²) in [5.74, 6) is -0.263. The van der Waals surface area contributed by atoms with Crippen LogP contribution in [0.25, 0.3) is 0 Å². The number of nitrogens with zero attached hydrogens (tertiary/aromatic N) is 2. The largest absolute Gasteiger partial charge is 0.481 e. The molecule has 2 aliphatic carbocycles. The molecule has 0 aliphatic heterocycles. The fraction of sp³-hybridized carbons (Fsp3) is 0.786. The number of hydrogen-bond donors (Lipinski definition) is 1. The van der Waals surface area contributed by atoms with Gasteiger partial charge in [0.1, 0.15) is 5.60 Å². The highest BCUT2D eigenvalue weighted by molar-refractivity contribution is 5.71. The number of carbonyl (C=O) groups is 1. The summed E-state index contributed by atoms with van der Waals surface area (Å²) in [6.07, 6.45) is 6.38. The van der Waals surface area contributed by atoms with E-state index in [0.29, 0.717) is 18.1 Å². The second-order valence-electron chi connectivity index (χ2n) is 5.84. The van der Waals surface area contributed by atoms with E-state index in [1.807, 2.05) is 0 Å². The van der Waals surface area contributed by atoms with Crippen LogP contribution in [0.4, 0.5) is 0 Å². The first-order chi connectivity index (χ1) is 9.66. The highest BCUT2D eigenvalue weighted by Gasteiger charge is 2.43. The van der Waals surface area contributed by atoms with Crippen LogP contribution >= 0.6 is 0 Å². The first-order valence-electron chi connectivity index (χ1n) is 7.28. The van der Waals surface area contributed by atoms with Gasteiger partial charge in [-0.3, -0.25) is 4.79 Å². The van der Waals surface area contributed by atoms with E-state index in [-0.39, 0.29) is 5.92 Å². The molecule has 0 bridgehead atoms. The number of rotatable bonds is 4. The van der Waals surface area contributed by atoms with E-state index in [4.69, 9.17) is 9.26 Å². The van der Waals surface area contributed by atoms with Crippen LogP contribution in [0, 0.1) is 5.92 Å². The van der Waals surface area contributed by atoms with Gasteiger partial charge in [0, 0.05) is 7.11 Å². The van der Waals surface area contributed by atoms with Crippen molar-refractivity contribution >= 4 is 5.97 Å². The van der Waals surface area contributed by atoms with E-state index in [1.54, 1.807) is 7.11 Å². The van der Waals surface area contributed by atoms with E-state index < -0.39 is 17.5 Å². The summed E-state index contributed by atoms with van der Waals surface area (Å²) in [4.78, 5) is 15.7. The molecule has 2 unspecified atom stereocenters. The van der Waals surface area contributed by atoms with Crippen molar-refractivity contribution in [2.75, 3.05) is 7.11 Å². The third-order valence-electron chi connectivity index (χ3n) is 4.80. The van der Waals surface area contributed by atoms with Crippen molar-refractivity contribution in [1.82, 2.24) is 10.1 Å². The molecule has 2 aliphatic rings. The lowest BCUT2D eigenvalue weighted by Crippen LogP contribution is -2.26. The molecule has 2 fully saturated rings. The Morgan fingerprint density at radius 3 is 2.75 bits per heavy atom. The van der Waals surface area contributed by atoms with Crippen LogP contribution in [0.3, 0.4) is 0 Å². The van der Waals surface area contributed by atoms with Crippen molar-refractivity contribution < 1.29 is 19.2 Å². The molecule has 20 heavy (non-hydrogen) atoms. The molecule has 1 aromatic heterocycles. The Labute approximate surface area is 117 Å². The fourth-order valence-electron chi connectivity index (χ4n) is 3.59. The number of aromatic nitrogens is 2. The second-order valence-corrected chi connectivity index (χ2v) is 5.84. The number of aliphatic carboxylic acids is 1. The summed E-state index contributed by atoms with van der Waals surface area (Å²) in [6, 6.07) is 0. The first-order valence-corrected chi connectivity index (χ1v) is 7.28. The minimum atomic E-state index is -0.769. The normalized spacial score (nSPS) is 28.9. The molecular formula is C14H20N2O4. The Morgan fingerprint density at radius 1 is 1.35 bits per heavy atom. The van der Waals surface area contributed by atoms with Gasteiger partial charge >= 0.3 is 5.97 Å². The van der Waals surface area contributed by atoms with Gasteiger partial charge in [0.15, 0.2) is 0 Å². The van der Waals surface area contributed by atoms with Crippen molar-refractivity contribution in [1.29, 1.82) is 0 Å². The van der Waals surface area contributed by atoms with Crippen LogP contribution in [0.1, 0.15) is 62.6 Å². The summed E-state index contributed by atoms with van der Waals surface area (Å²) in [7, 11) is 1.68. The van der Waals surface area contributed by atoms with Gasteiger partial charge in [0.25, 0.3) is 0 Å². The molecule has 0 saturated heterocycles. The standard InChI is InChI=1S/C14H20N2O4/c1-19-14(7-2-3-8-14)13-15-11(20-16-13)9-5-4-6-10(9)12(17)18/h9-10H,2-8H2,1H3,(H,17,18). The third kappa shape index (κ3) is 2.12. The topological polar surface area (TPSA) is 85.5 Å². The van der Waals surface area contributed by atoms with E-state index in [1.165, 1.54) is 0 Å². The van der Waals surface area contributed by atoms with Crippen molar-refractivity contribution in [2.45, 2.75) is 56.5 Å². The van der Waals surface area contributed by atoms with Gasteiger partial charge in [-0.15, -0.1) is 0 Å². The van der Waals surface area contributed by atoms with Crippen LogP contribution in [-0.4, -0.2) is 28.3 Å². The van der Waals surface area contributed by atoms with Gasteiger partial charge in [-0.2, -0.15) is 4.98 Å². The number of carboxylic acids is 1. The van der Waals surface area contributed by atoms with Gasteiger partial charge in [-0.05, 0) is 38.5 Å². The molecule has 0 spiro atoms. The highest BCUT2D eigenvalue weighted by Crippen LogP contribution is 2.43. The zero-order chi connectivity index (χ0) is 14.2. The van der Waals surface area contributed by atoms with Crippen LogP contribution in [0.5, 0.6) is 0 Å². The molecule has 3 rings (SSSR count). The molecular weight excluding hydrogens is 260 g/mol. The number of hydrogen-bond acceptors (Lipinski definition) is 5. The summed E-state index contributed by atoms with van der Waals surface area (Å²) in [6.45, 7) is 0. The van der Waals surface area contributed by atoms with Crippen molar-refractivity contribution in [3.05, 3.63) is 11.7 Å². The Balaban J connectivity index is 1.85. The van der Waals surface area contributed by atoms with Crippen molar-refractivity contribution in [2.24, 2.45) is 5.92 Å². The molecule has 1 aromatic rings. The predicted octanol–water partition coefficient (Wildman–Crippen LogP) is 2.45. The molecule has 0 aromatic carbocycles. The maximum atomic E-state index is 11.3. The third-order valence-corrected chi connectivity index (χ3v) is 4.80. The molecule has 0 radical (unpaired) electrons. The van der Waals surface area contributed by atoms with Crippen molar-refractivity contribution in [3.8, 4) is 0 Å². The minimum absolute atomic E-state index is 0.149. The fourth-order valence-corrected chi connectivity index (χ4v) is 3.59. The van der Waals surface area contributed by atoms with Gasteiger partial charge in [-0.1, -0.05) is 11.6 Å². The lowest BCUT2D eigenvalue weighted by molar-refractivity contribution is -0.142. The van der Waals surface area contributed by atoms with E-state index in [9.17, 15) is 9.90 Å². The Morgan fingerprint density at radius 2 is 2.10 bits per heavy atom. The van der Waals surface area contributed by atoms with Gasteiger partial charge in [-0.25, -0.2) is 0 Å². The zero-order valence-electron chi connectivity index (χ0n) is 11.7. The minimum Gasteiger partial charge on any atom is -0.481 e. The summed E-state index contributed by atoms with van der Waals surface area (Å²) < 4.78 is 11.0. The maximum absolute atomic E-state index is 11.3. The summed E-state index contributed by atoms with van der Waals surface area (Å²) >= 11 is 0. The summed E-state index contributed by atoms with van der Waals surface area (Å²) in [5.41, 5.74) is -0.431. The van der Waals surface area contributed by atoms with Crippen LogP contribution < -0.4 is 0 Å². The lowest BCUT2D eigenvalue weighted by Gasteiger charge is -2.22. The van der Waals surface area contributed by atoms with Crippen LogP contribution in [0.2, 0.25) is 0 Å². The Hall–Kier alpha value is -1.43. The Bertz CT molecular complexity index is 493. The predicted molar refractivity (Wildman–Crippen MR) is 69.2 cm³/mol. The quantitative estimate of drug-likeness (QED) is 0.911. The van der Waals surface area contributed by atoms with Crippen LogP contribution in [-0.2, 0) is 15.1 Å². The number of carboxylic acid groups (broad SMARTS) is 1. The number of methoxy groups -OCH3 is 1.